The van der Waals surface area contributed by atoms with Gasteiger partial charge in [0, 0.05) is 16.4 Å². The molecule has 1 fully saturated rings. The highest BCUT2D eigenvalue weighted by Gasteiger charge is 2.51. The Morgan fingerprint density at radius 2 is 1.65 bits per heavy atom. The Kier molecular flexibility index (Phi) is 3.14. The van der Waals surface area contributed by atoms with Gasteiger partial charge in [0.05, 0.1) is 5.41 Å². The standard InChI is InChI=1S/C16H15ClN2O/c17-12-3-7-14(8-4-12)19-15(20)16(9-10-16)11-1-5-13(18)6-2-11/h1-8H,9-10,18H2,(H,19,20). The molecule has 20 heavy (non-hydrogen) atoms. The molecule has 0 unspecified atom stereocenters. The second kappa shape index (κ2) is 4.84. The molecule has 3 nitrogen and oxygen atoms in total. The molecule has 1 aliphatic carbocycles. The lowest BCUT2D eigenvalue weighted by Gasteiger charge is -2.16. The molecule has 2 aromatic rings. The van der Waals surface area contributed by atoms with Gasteiger partial charge >= 0.3 is 0 Å². The van der Waals surface area contributed by atoms with Gasteiger partial charge in [-0.05, 0) is 54.8 Å². The van der Waals surface area contributed by atoms with Gasteiger partial charge in [-0.1, -0.05) is 23.7 Å². The number of hydrogen-bond donors (Lipinski definition) is 2. The van der Waals surface area contributed by atoms with Gasteiger partial charge in [0.2, 0.25) is 5.91 Å². The molecule has 0 aromatic heterocycles. The smallest absolute Gasteiger partial charge is 0.235 e. The highest BCUT2D eigenvalue weighted by Crippen LogP contribution is 2.49. The van der Waals surface area contributed by atoms with Gasteiger partial charge in [-0.3, -0.25) is 4.79 Å². The van der Waals surface area contributed by atoms with Gasteiger partial charge in [0.1, 0.15) is 0 Å². The van der Waals surface area contributed by atoms with Crippen molar-refractivity contribution in [2.24, 2.45) is 0 Å². The number of amides is 1. The lowest BCUT2D eigenvalue weighted by atomic mass is 9.94. The zero-order chi connectivity index (χ0) is 14.2. The molecule has 1 saturated carbocycles. The first-order chi connectivity index (χ1) is 9.60. The summed E-state index contributed by atoms with van der Waals surface area (Å²) in [6, 6.07) is 14.7. The van der Waals surface area contributed by atoms with Gasteiger partial charge in [-0.25, -0.2) is 0 Å². The second-order valence-corrected chi connectivity index (χ2v) is 5.60. The number of nitrogens with two attached hydrogens (primary N) is 1. The Hall–Kier alpha value is -2.00. The van der Waals surface area contributed by atoms with Crippen molar-refractivity contribution in [3.05, 3.63) is 59.1 Å². The van der Waals surface area contributed by atoms with E-state index in [4.69, 9.17) is 17.3 Å². The monoisotopic (exact) mass is 286 g/mol. The Bertz CT molecular complexity index is 631. The SMILES string of the molecule is Nc1ccc(C2(C(=O)Nc3ccc(Cl)cc3)CC2)cc1. The summed E-state index contributed by atoms with van der Waals surface area (Å²) in [4.78, 5) is 12.5. The van der Waals surface area contributed by atoms with Crippen molar-refractivity contribution in [3.63, 3.8) is 0 Å². The maximum atomic E-state index is 12.5. The highest BCUT2D eigenvalue weighted by molar-refractivity contribution is 6.30. The molecule has 0 saturated heterocycles. The average Bonchev–Trinajstić information content (AvgIpc) is 3.24. The molecule has 2 aromatic carbocycles. The molecule has 1 aliphatic rings. The summed E-state index contributed by atoms with van der Waals surface area (Å²) >= 11 is 5.84. The molecular formula is C16H15ClN2O. The Balaban J connectivity index is 1.79. The number of halogens is 1. The van der Waals surface area contributed by atoms with Crippen LogP contribution in [-0.2, 0) is 10.2 Å². The number of rotatable bonds is 3. The molecule has 0 spiro atoms. The molecule has 102 valence electrons. The maximum Gasteiger partial charge on any atom is 0.235 e. The first kappa shape index (κ1) is 13.0. The summed E-state index contributed by atoms with van der Waals surface area (Å²) in [5.41, 5.74) is 7.80. The van der Waals surface area contributed by atoms with E-state index in [1.54, 1.807) is 24.3 Å². The molecule has 0 atom stereocenters. The zero-order valence-electron chi connectivity index (χ0n) is 10.9. The van der Waals surface area contributed by atoms with Crippen LogP contribution in [0.4, 0.5) is 11.4 Å². The third-order valence-corrected chi connectivity index (χ3v) is 4.00. The zero-order valence-corrected chi connectivity index (χ0v) is 11.7. The minimum Gasteiger partial charge on any atom is -0.399 e. The minimum absolute atomic E-state index is 0.0320. The summed E-state index contributed by atoms with van der Waals surface area (Å²) in [5.74, 6) is 0.0320. The average molecular weight is 287 g/mol. The molecule has 0 heterocycles. The van der Waals surface area contributed by atoms with Gasteiger partial charge < -0.3 is 11.1 Å². The van der Waals surface area contributed by atoms with E-state index in [2.05, 4.69) is 5.32 Å². The summed E-state index contributed by atoms with van der Waals surface area (Å²) in [6.45, 7) is 0. The van der Waals surface area contributed by atoms with Crippen molar-refractivity contribution in [3.8, 4) is 0 Å². The quantitative estimate of drug-likeness (QED) is 0.847. The van der Waals surface area contributed by atoms with Crippen LogP contribution in [0.2, 0.25) is 5.02 Å². The number of anilines is 2. The van der Waals surface area contributed by atoms with Crippen molar-refractivity contribution < 1.29 is 4.79 Å². The van der Waals surface area contributed by atoms with Crippen molar-refractivity contribution in [1.29, 1.82) is 0 Å². The summed E-state index contributed by atoms with van der Waals surface area (Å²) in [7, 11) is 0. The predicted molar refractivity (Wildman–Crippen MR) is 81.8 cm³/mol. The Morgan fingerprint density at radius 1 is 1.05 bits per heavy atom. The molecule has 0 bridgehead atoms. The molecular weight excluding hydrogens is 272 g/mol. The largest absolute Gasteiger partial charge is 0.399 e. The summed E-state index contributed by atoms with van der Waals surface area (Å²) in [6.07, 6.45) is 1.74. The lowest BCUT2D eigenvalue weighted by molar-refractivity contribution is -0.118. The lowest BCUT2D eigenvalue weighted by Crippen LogP contribution is -2.27. The second-order valence-electron chi connectivity index (χ2n) is 5.17. The normalized spacial score (nSPS) is 15.7. The van der Waals surface area contributed by atoms with Crippen molar-refractivity contribution in [2.75, 3.05) is 11.1 Å². The van der Waals surface area contributed by atoms with Crippen LogP contribution in [0.25, 0.3) is 0 Å². The number of nitrogen functional groups attached to an aromatic ring is 1. The van der Waals surface area contributed by atoms with E-state index in [1.165, 1.54) is 0 Å². The van der Waals surface area contributed by atoms with E-state index in [0.29, 0.717) is 10.7 Å². The van der Waals surface area contributed by atoms with Crippen molar-refractivity contribution in [2.45, 2.75) is 18.3 Å². The van der Waals surface area contributed by atoms with Gasteiger partial charge in [0.25, 0.3) is 0 Å². The third kappa shape index (κ3) is 2.37. The van der Waals surface area contributed by atoms with Crippen LogP contribution in [0, 0.1) is 0 Å². The van der Waals surface area contributed by atoms with E-state index in [1.807, 2.05) is 24.3 Å². The first-order valence-electron chi connectivity index (χ1n) is 6.53. The molecule has 1 amide bonds. The van der Waals surface area contributed by atoms with Crippen molar-refractivity contribution in [1.82, 2.24) is 0 Å². The van der Waals surface area contributed by atoms with E-state index < -0.39 is 5.41 Å². The van der Waals surface area contributed by atoms with Crippen LogP contribution < -0.4 is 11.1 Å². The molecule has 3 N–H and O–H groups in total. The number of carbonyl (C=O) groups excluding carboxylic acids is 1. The number of nitrogens with one attached hydrogen (secondary N) is 1. The fourth-order valence-electron chi connectivity index (χ4n) is 2.36. The van der Waals surface area contributed by atoms with Gasteiger partial charge in [-0.2, -0.15) is 0 Å². The number of carbonyl (C=O) groups is 1. The Morgan fingerprint density at radius 3 is 2.20 bits per heavy atom. The first-order valence-corrected chi connectivity index (χ1v) is 6.91. The highest BCUT2D eigenvalue weighted by atomic mass is 35.5. The van der Waals surface area contributed by atoms with E-state index >= 15 is 0 Å². The van der Waals surface area contributed by atoms with E-state index in [0.717, 1.165) is 24.1 Å². The van der Waals surface area contributed by atoms with Gasteiger partial charge in [-0.15, -0.1) is 0 Å². The van der Waals surface area contributed by atoms with Crippen LogP contribution in [-0.4, -0.2) is 5.91 Å². The van der Waals surface area contributed by atoms with Crippen LogP contribution in [0.5, 0.6) is 0 Å². The van der Waals surface area contributed by atoms with Crippen LogP contribution in [0.3, 0.4) is 0 Å². The number of benzene rings is 2. The number of hydrogen-bond acceptors (Lipinski definition) is 2. The fraction of sp³-hybridized carbons (Fsp3) is 0.188. The van der Waals surface area contributed by atoms with Crippen LogP contribution in [0.15, 0.2) is 48.5 Å². The topological polar surface area (TPSA) is 55.1 Å². The van der Waals surface area contributed by atoms with Gasteiger partial charge in [0.15, 0.2) is 0 Å². The summed E-state index contributed by atoms with van der Waals surface area (Å²) in [5, 5.41) is 3.61. The van der Waals surface area contributed by atoms with Crippen LogP contribution >= 0.6 is 11.6 Å². The maximum absolute atomic E-state index is 12.5. The summed E-state index contributed by atoms with van der Waals surface area (Å²) < 4.78 is 0. The molecule has 4 heteroatoms. The molecule has 0 aliphatic heterocycles. The fourth-order valence-corrected chi connectivity index (χ4v) is 2.48. The minimum atomic E-state index is -0.395. The Labute approximate surface area is 122 Å². The van der Waals surface area contributed by atoms with E-state index in [-0.39, 0.29) is 5.91 Å². The van der Waals surface area contributed by atoms with Crippen molar-refractivity contribution >= 4 is 28.9 Å². The third-order valence-electron chi connectivity index (χ3n) is 3.75. The van der Waals surface area contributed by atoms with Crippen LogP contribution in [0.1, 0.15) is 18.4 Å². The molecule has 3 rings (SSSR count). The van der Waals surface area contributed by atoms with E-state index in [9.17, 15) is 4.79 Å². The molecule has 0 radical (unpaired) electrons. The predicted octanol–water partition coefficient (Wildman–Crippen LogP) is 3.59.